The second-order valence-electron chi connectivity index (χ2n) is 6.71. The molecular weight excluding hydrogens is 380 g/mol. The van der Waals surface area contributed by atoms with Crippen molar-refractivity contribution in [1.82, 2.24) is 10.1 Å². The number of ketones is 1. The van der Waals surface area contributed by atoms with Crippen molar-refractivity contribution < 1.29 is 18.8 Å². The van der Waals surface area contributed by atoms with E-state index in [1.165, 1.54) is 0 Å². The number of Topliss-reactive ketones (excluding diaryl/α,β-unsaturated/α-hetero) is 1. The summed E-state index contributed by atoms with van der Waals surface area (Å²) in [6, 6.07) is 22.1. The number of rotatable bonds is 7. The van der Waals surface area contributed by atoms with Crippen LogP contribution in [0.4, 0.5) is 0 Å². The van der Waals surface area contributed by atoms with Gasteiger partial charge in [0.1, 0.15) is 11.5 Å². The first-order chi connectivity index (χ1) is 14.6. The zero-order valence-electron chi connectivity index (χ0n) is 16.7. The number of carbonyl (C=O) groups is 1. The Hall–Kier alpha value is -3.93. The molecule has 0 aliphatic heterocycles. The SMILES string of the molecule is COc1cccc(C(=O)COc2cccc(-c3noc(-c4ccccc4C)n3)c2)c1. The Morgan fingerprint density at radius 2 is 1.77 bits per heavy atom. The molecule has 0 radical (unpaired) electrons. The van der Waals surface area contributed by atoms with Crippen LogP contribution in [0.5, 0.6) is 11.5 Å². The van der Waals surface area contributed by atoms with Gasteiger partial charge in [-0.3, -0.25) is 4.79 Å². The Balaban J connectivity index is 1.48. The van der Waals surface area contributed by atoms with Crippen LogP contribution in [-0.2, 0) is 0 Å². The van der Waals surface area contributed by atoms with Crippen molar-refractivity contribution in [3.63, 3.8) is 0 Å². The summed E-state index contributed by atoms with van der Waals surface area (Å²) in [6.07, 6.45) is 0. The van der Waals surface area contributed by atoms with Gasteiger partial charge in [-0.25, -0.2) is 0 Å². The minimum Gasteiger partial charge on any atom is -0.497 e. The molecule has 4 rings (SSSR count). The summed E-state index contributed by atoms with van der Waals surface area (Å²) in [4.78, 5) is 16.9. The number of carbonyl (C=O) groups excluding carboxylic acids is 1. The van der Waals surface area contributed by atoms with Crippen LogP contribution >= 0.6 is 0 Å². The first-order valence-electron chi connectivity index (χ1n) is 9.44. The number of benzene rings is 3. The molecule has 0 aliphatic carbocycles. The van der Waals surface area contributed by atoms with E-state index < -0.39 is 0 Å². The van der Waals surface area contributed by atoms with Crippen LogP contribution in [0.15, 0.2) is 77.3 Å². The first kappa shape index (κ1) is 19.4. The van der Waals surface area contributed by atoms with Gasteiger partial charge in [-0.05, 0) is 42.8 Å². The minimum absolute atomic E-state index is 0.0860. The van der Waals surface area contributed by atoms with Crippen LogP contribution in [0, 0.1) is 6.92 Å². The fourth-order valence-electron chi connectivity index (χ4n) is 3.02. The molecule has 0 spiro atoms. The molecule has 0 atom stereocenters. The van der Waals surface area contributed by atoms with E-state index in [4.69, 9.17) is 14.0 Å². The number of hydrogen-bond donors (Lipinski definition) is 0. The molecule has 3 aromatic carbocycles. The van der Waals surface area contributed by atoms with Crippen molar-refractivity contribution in [3.8, 4) is 34.3 Å². The van der Waals surface area contributed by atoms with Crippen molar-refractivity contribution in [2.45, 2.75) is 6.92 Å². The van der Waals surface area contributed by atoms with Gasteiger partial charge in [0.05, 0.1) is 7.11 Å². The Morgan fingerprint density at radius 1 is 0.967 bits per heavy atom. The molecular formula is C24H20N2O4. The average molecular weight is 400 g/mol. The maximum Gasteiger partial charge on any atom is 0.258 e. The van der Waals surface area contributed by atoms with Gasteiger partial charge in [0, 0.05) is 16.7 Å². The van der Waals surface area contributed by atoms with Gasteiger partial charge >= 0.3 is 0 Å². The molecule has 1 heterocycles. The Kier molecular flexibility index (Phi) is 5.57. The highest BCUT2D eigenvalue weighted by atomic mass is 16.5. The van der Waals surface area contributed by atoms with E-state index in [1.807, 2.05) is 43.3 Å². The van der Waals surface area contributed by atoms with Gasteiger partial charge in [0.15, 0.2) is 12.4 Å². The summed E-state index contributed by atoms with van der Waals surface area (Å²) in [5.74, 6) is 1.96. The topological polar surface area (TPSA) is 74.5 Å². The number of aryl methyl sites for hydroxylation is 1. The Bertz CT molecular complexity index is 1180. The van der Waals surface area contributed by atoms with E-state index in [2.05, 4.69) is 10.1 Å². The molecule has 6 heteroatoms. The number of methoxy groups -OCH3 is 1. The number of aromatic nitrogens is 2. The van der Waals surface area contributed by atoms with Crippen LogP contribution in [0.2, 0.25) is 0 Å². The van der Waals surface area contributed by atoms with Crippen LogP contribution in [-0.4, -0.2) is 29.6 Å². The highest BCUT2D eigenvalue weighted by Crippen LogP contribution is 2.26. The van der Waals surface area contributed by atoms with Gasteiger partial charge in [0.25, 0.3) is 5.89 Å². The van der Waals surface area contributed by atoms with E-state index in [9.17, 15) is 4.79 Å². The number of hydrogen-bond acceptors (Lipinski definition) is 6. The molecule has 0 saturated carbocycles. The lowest BCUT2D eigenvalue weighted by Gasteiger charge is -2.07. The lowest BCUT2D eigenvalue weighted by Crippen LogP contribution is -2.11. The van der Waals surface area contributed by atoms with Crippen LogP contribution < -0.4 is 9.47 Å². The van der Waals surface area contributed by atoms with Gasteiger partial charge in [-0.15, -0.1) is 0 Å². The molecule has 0 N–H and O–H groups in total. The fourth-order valence-corrected chi connectivity index (χ4v) is 3.02. The molecule has 0 bridgehead atoms. The quantitative estimate of drug-likeness (QED) is 0.407. The van der Waals surface area contributed by atoms with E-state index in [0.717, 1.165) is 16.7 Å². The van der Waals surface area contributed by atoms with Crippen LogP contribution in [0.3, 0.4) is 0 Å². The normalized spacial score (nSPS) is 10.6. The third-order valence-corrected chi connectivity index (χ3v) is 4.66. The van der Waals surface area contributed by atoms with Crippen molar-refractivity contribution >= 4 is 5.78 Å². The van der Waals surface area contributed by atoms with Gasteiger partial charge < -0.3 is 14.0 Å². The predicted octanol–water partition coefficient (Wildman–Crippen LogP) is 4.98. The van der Waals surface area contributed by atoms with E-state index >= 15 is 0 Å². The summed E-state index contributed by atoms with van der Waals surface area (Å²) in [5.41, 5.74) is 3.23. The molecule has 4 aromatic rings. The van der Waals surface area contributed by atoms with Crippen LogP contribution in [0.25, 0.3) is 22.8 Å². The Labute approximate surface area is 174 Å². The molecule has 0 unspecified atom stereocenters. The Morgan fingerprint density at radius 3 is 2.60 bits per heavy atom. The monoisotopic (exact) mass is 400 g/mol. The number of nitrogens with zero attached hydrogens (tertiary/aromatic N) is 2. The largest absolute Gasteiger partial charge is 0.497 e. The van der Waals surface area contributed by atoms with Crippen molar-refractivity contribution in [2.24, 2.45) is 0 Å². The zero-order chi connectivity index (χ0) is 20.9. The van der Waals surface area contributed by atoms with E-state index in [0.29, 0.717) is 28.8 Å². The second-order valence-corrected chi connectivity index (χ2v) is 6.71. The van der Waals surface area contributed by atoms with Gasteiger partial charge in [-0.2, -0.15) is 4.98 Å². The maximum atomic E-state index is 12.4. The lowest BCUT2D eigenvalue weighted by molar-refractivity contribution is 0.0921. The molecule has 30 heavy (non-hydrogen) atoms. The van der Waals surface area contributed by atoms with E-state index in [-0.39, 0.29) is 12.4 Å². The van der Waals surface area contributed by atoms with E-state index in [1.54, 1.807) is 43.5 Å². The fraction of sp³-hybridized carbons (Fsp3) is 0.125. The summed E-state index contributed by atoms with van der Waals surface area (Å²) < 4.78 is 16.3. The molecule has 0 fully saturated rings. The van der Waals surface area contributed by atoms with Crippen molar-refractivity contribution in [3.05, 3.63) is 83.9 Å². The lowest BCUT2D eigenvalue weighted by atomic mass is 10.1. The molecule has 150 valence electrons. The van der Waals surface area contributed by atoms with Gasteiger partial charge in [0.2, 0.25) is 5.82 Å². The predicted molar refractivity (Wildman–Crippen MR) is 113 cm³/mol. The molecule has 0 aliphatic rings. The second kappa shape index (κ2) is 8.61. The highest BCUT2D eigenvalue weighted by Gasteiger charge is 2.13. The molecule has 0 amide bonds. The zero-order valence-corrected chi connectivity index (χ0v) is 16.7. The first-order valence-corrected chi connectivity index (χ1v) is 9.44. The van der Waals surface area contributed by atoms with Crippen molar-refractivity contribution in [2.75, 3.05) is 13.7 Å². The third kappa shape index (κ3) is 4.22. The van der Waals surface area contributed by atoms with Crippen molar-refractivity contribution in [1.29, 1.82) is 0 Å². The summed E-state index contributed by atoms with van der Waals surface area (Å²) >= 11 is 0. The molecule has 0 saturated heterocycles. The third-order valence-electron chi connectivity index (χ3n) is 4.66. The summed E-state index contributed by atoms with van der Waals surface area (Å²) in [5, 5.41) is 4.08. The summed E-state index contributed by atoms with van der Waals surface area (Å²) in [6.45, 7) is 1.91. The molecule has 6 nitrogen and oxygen atoms in total. The standard InChI is InChI=1S/C24H20N2O4/c1-16-7-3-4-12-21(16)24-25-23(26-30-24)18-9-6-11-20(14-18)29-15-22(27)17-8-5-10-19(13-17)28-2/h3-14H,15H2,1-2H3. The van der Waals surface area contributed by atoms with Gasteiger partial charge in [-0.1, -0.05) is 47.6 Å². The minimum atomic E-state index is -0.138. The van der Waals surface area contributed by atoms with Crippen LogP contribution in [0.1, 0.15) is 15.9 Å². The smallest absolute Gasteiger partial charge is 0.258 e. The molecule has 1 aromatic heterocycles. The highest BCUT2D eigenvalue weighted by molar-refractivity contribution is 5.97. The maximum absolute atomic E-state index is 12.4. The summed E-state index contributed by atoms with van der Waals surface area (Å²) in [7, 11) is 1.56. The average Bonchev–Trinajstić information content (AvgIpc) is 3.28. The number of ether oxygens (including phenoxy) is 2.